The van der Waals surface area contributed by atoms with Crippen molar-refractivity contribution in [2.24, 2.45) is 5.92 Å². The molecule has 2 N–H and O–H groups in total. The Morgan fingerprint density at radius 3 is 2.64 bits per heavy atom. The third-order valence-corrected chi connectivity index (χ3v) is 6.11. The molecule has 5 heteroatoms. The Hall–Kier alpha value is -0.810. The van der Waals surface area contributed by atoms with Gasteiger partial charge in [0, 0.05) is 38.3 Å². The number of hydrogen-bond acceptors (Lipinski definition) is 3. The van der Waals surface area contributed by atoms with Gasteiger partial charge in [-0.15, -0.1) is 0 Å². The Balaban J connectivity index is 1.49. The lowest BCUT2D eigenvalue weighted by molar-refractivity contribution is 0.129. The molecule has 0 radical (unpaired) electrons. The van der Waals surface area contributed by atoms with Gasteiger partial charge in [0.05, 0.1) is 0 Å². The van der Waals surface area contributed by atoms with Crippen LogP contribution in [0.2, 0.25) is 0 Å². The van der Waals surface area contributed by atoms with Crippen molar-refractivity contribution in [1.82, 2.24) is 15.1 Å². The zero-order valence-corrected chi connectivity index (χ0v) is 13.8. The van der Waals surface area contributed by atoms with Crippen molar-refractivity contribution in [3.05, 3.63) is 0 Å². The van der Waals surface area contributed by atoms with Crippen molar-refractivity contribution in [3.63, 3.8) is 0 Å². The summed E-state index contributed by atoms with van der Waals surface area (Å²) in [7, 11) is 1.94. The Morgan fingerprint density at radius 2 is 1.91 bits per heavy atom. The largest absolute Gasteiger partial charge is 0.396 e. The Bertz CT molecular complexity index is 382. The van der Waals surface area contributed by atoms with E-state index in [1.807, 2.05) is 11.9 Å². The molecule has 0 aromatic rings. The van der Waals surface area contributed by atoms with E-state index in [0.29, 0.717) is 30.7 Å². The minimum Gasteiger partial charge on any atom is -0.396 e. The summed E-state index contributed by atoms with van der Waals surface area (Å²) in [5.41, 5.74) is 0. The van der Waals surface area contributed by atoms with Crippen LogP contribution in [0.1, 0.15) is 51.4 Å². The molecule has 0 aromatic carbocycles. The summed E-state index contributed by atoms with van der Waals surface area (Å²) in [5.74, 6) is 0.443. The lowest BCUT2D eigenvalue weighted by Crippen LogP contribution is -2.52. The minimum absolute atomic E-state index is 0.102. The van der Waals surface area contributed by atoms with E-state index in [1.54, 1.807) is 0 Å². The fraction of sp³-hybridized carbons (Fsp3) is 0.941. The van der Waals surface area contributed by atoms with Crippen LogP contribution in [0.15, 0.2) is 0 Å². The molecule has 2 aliphatic heterocycles. The van der Waals surface area contributed by atoms with Gasteiger partial charge in [0.2, 0.25) is 0 Å². The number of hydrogen-bond donors (Lipinski definition) is 2. The number of aliphatic hydroxyl groups excluding tert-OH is 1. The molecule has 2 unspecified atom stereocenters. The second kappa shape index (κ2) is 7.18. The highest BCUT2D eigenvalue weighted by Gasteiger charge is 2.37. The van der Waals surface area contributed by atoms with E-state index in [2.05, 4.69) is 10.2 Å². The van der Waals surface area contributed by atoms with Crippen LogP contribution in [0.25, 0.3) is 0 Å². The first-order valence-corrected chi connectivity index (χ1v) is 9.07. The van der Waals surface area contributed by atoms with Crippen molar-refractivity contribution in [1.29, 1.82) is 0 Å². The van der Waals surface area contributed by atoms with Gasteiger partial charge in [0.1, 0.15) is 0 Å². The molecule has 2 atom stereocenters. The molecule has 22 heavy (non-hydrogen) atoms. The van der Waals surface area contributed by atoms with E-state index in [4.69, 9.17) is 0 Å². The summed E-state index contributed by atoms with van der Waals surface area (Å²) in [4.78, 5) is 17.0. The number of carbonyl (C=O) groups excluding carboxylic acids is 1. The summed E-state index contributed by atoms with van der Waals surface area (Å²) in [6.07, 6.45) is 9.07. The van der Waals surface area contributed by atoms with Crippen molar-refractivity contribution >= 4 is 6.03 Å². The van der Waals surface area contributed by atoms with E-state index in [9.17, 15) is 9.90 Å². The number of nitrogens with zero attached hydrogens (tertiary/aromatic N) is 2. The third kappa shape index (κ3) is 3.40. The van der Waals surface area contributed by atoms with Crippen molar-refractivity contribution < 1.29 is 9.90 Å². The summed E-state index contributed by atoms with van der Waals surface area (Å²) in [5, 5.41) is 12.5. The minimum atomic E-state index is 0.102. The number of rotatable bonds is 3. The van der Waals surface area contributed by atoms with Crippen LogP contribution < -0.4 is 5.32 Å². The predicted octanol–water partition coefficient (Wildman–Crippen LogP) is 1.81. The lowest BCUT2D eigenvalue weighted by atomic mass is 9.86. The van der Waals surface area contributed by atoms with Gasteiger partial charge in [0.25, 0.3) is 0 Å². The van der Waals surface area contributed by atoms with E-state index >= 15 is 0 Å². The van der Waals surface area contributed by atoms with Crippen LogP contribution in [0.5, 0.6) is 0 Å². The van der Waals surface area contributed by atoms with Gasteiger partial charge in [-0.05, 0) is 57.4 Å². The highest BCUT2D eigenvalue weighted by Crippen LogP contribution is 2.29. The third-order valence-electron chi connectivity index (χ3n) is 6.11. The molecule has 2 heterocycles. The molecule has 3 aliphatic rings. The predicted molar refractivity (Wildman–Crippen MR) is 86.7 cm³/mol. The SMILES string of the molecule is CN(C(=O)NC1CCN2CCCCC12)C1CCC(CO)CC1. The number of nitrogens with one attached hydrogen (secondary N) is 1. The molecule has 3 rings (SSSR count). The zero-order valence-electron chi connectivity index (χ0n) is 13.8. The van der Waals surface area contributed by atoms with Gasteiger partial charge in [0.15, 0.2) is 0 Å². The lowest BCUT2D eigenvalue weighted by Gasteiger charge is -2.36. The molecule has 1 saturated carbocycles. The van der Waals surface area contributed by atoms with Crippen LogP contribution >= 0.6 is 0 Å². The quantitative estimate of drug-likeness (QED) is 0.836. The highest BCUT2D eigenvalue weighted by molar-refractivity contribution is 5.74. The molecule has 5 nitrogen and oxygen atoms in total. The Kier molecular flexibility index (Phi) is 5.24. The molecule has 3 fully saturated rings. The van der Waals surface area contributed by atoms with Crippen LogP contribution in [-0.2, 0) is 0 Å². The van der Waals surface area contributed by atoms with Crippen LogP contribution in [0.3, 0.4) is 0 Å². The fourth-order valence-corrected chi connectivity index (χ4v) is 4.56. The Morgan fingerprint density at radius 1 is 1.14 bits per heavy atom. The van der Waals surface area contributed by atoms with E-state index in [0.717, 1.165) is 38.6 Å². The molecular weight excluding hydrogens is 278 g/mol. The molecule has 0 aromatic heterocycles. The normalized spacial score (nSPS) is 35.9. The number of aliphatic hydroxyl groups is 1. The first-order chi connectivity index (χ1) is 10.7. The Labute approximate surface area is 134 Å². The zero-order chi connectivity index (χ0) is 15.5. The first-order valence-electron chi connectivity index (χ1n) is 9.07. The van der Waals surface area contributed by atoms with Crippen LogP contribution in [-0.4, -0.2) is 65.8 Å². The molecule has 2 amide bonds. The second-order valence-corrected chi connectivity index (χ2v) is 7.41. The van der Waals surface area contributed by atoms with Gasteiger partial charge in [-0.3, -0.25) is 4.90 Å². The van der Waals surface area contributed by atoms with Crippen LogP contribution in [0.4, 0.5) is 4.79 Å². The summed E-state index contributed by atoms with van der Waals surface area (Å²) in [6, 6.07) is 1.34. The van der Waals surface area contributed by atoms with E-state index in [1.165, 1.54) is 25.8 Å². The number of amides is 2. The topological polar surface area (TPSA) is 55.8 Å². The van der Waals surface area contributed by atoms with Crippen molar-refractivity contribution in [2.75, 3.05) is 26.7 Å². The molecule has 0 spiro atoms. The summed E-state index contributed by atoms with van der Waals surface area (Å²) in [6.45, 7) is 2.64. The standard InChI is InChI=1S/C17H31N3O2/c1-19(14-7-5-13(12-21)6-8-14)17(22)18-15-9-11-20-10-3-2-4-16(15)20/h13-16,21H,2-12H2,1H3,(H,18,22). The fourth-order valence-electron chi connectivity index (χ4n) is 4.56. The maximum Gasteiger partial charge on any atom is 0.317 e. The maximum absolute atomic E-state index is 12.6. The smallest absolute Gasteiger partial charge is 0.317 e. The molecule has 2 saturated heterocycles. The van der Waals surface area contributed by atoms with Gasteiger partial charge in [-0.1, -0.05) is 6.42 Å². The monoisotopic (exact) mass is 309 g/mol. The highest BCUT2D eigenvalue weighted by atomic mass is 16.3. The van der Waals surface area contributed by atoms with Crippen LogP contribution in [0, 0.1) is 5.92 Å². The molecule has 0 bridgehead atoms. The number of carbonyl (C=O) groups is 1. The number of piperidine rings is 1. The van der Waals surface area contributed by atoms with Gasteiger partial charge < -0.3 is 15.3 Å². The van der Waals surface area contributed by atoms with E-state index < -0.39 is 0 Å². The average molecular weight is 309 g/mol. The van der Waals surface area contributed by atoms with Gasteiger partial charge >= 0.3 is 6.03 Å². The van der Waals surface area contributed by atoms with Crippen molar-refractivity contribution in [3.8, 4) is 0 Å². The number of urea groups is 1. The molecule has 1 aliphatic carbocycles. The molecule has 126 valence electrons. The van der Waals surface area contributed by atoms with Gasteiger partial charge in [-0.2, -0.15) is 0 Å². The number of fused-ring (bicyclic) bond motifs is 1. The second-order valence-electron chi connectivity index (χ2n) is 7.41. The van der Waals surface area contributed by atoms with Crippen molar-refractivity contribution in [2.45, 2.75) is 69.5 Å². The first kappa shape index (κ1) is 16.1. The summed E-state index contributed by atoms with van der Waals surface area (Å²) < 4.78 is 0. The molecular formula is C17H31N3O2. The summed E-state index contributed by atoms with van der Waals surface area (Å²) >= 11 is 0. The van der Waals surface area contributed by atoms with Gasteiger partial charge in [-0.25, -0.2) is 4.79 Å². The van der Waals surface area contributed by atoms with E-state index in [-0.39, 0.29) is 6.03 Å². The average Bonchev–Trinajstić information content (AvgIpc) is 2.97. The maximum atomic E-state index is 12.6.